The molecular formula is C45H87NO12S. The fraction of sp³-hybridized carbons (Fsp3) is 0.933. The Morgan fingerprint density at radius 2 is 1.08 bits per heavy atom. The van der Waals surface area contributed by atoms with Crippen LogP contribution in [0.3, 0.4) is 0 Å². The second-order valence-corrected chi connectivity index (χ2v) is 17.9. The van der Waals surface area contributed by atoms with E-state index in [0.717, 1.165) is 57.8 Å². The van der Waals surface area contributed by atoms with Gasteiger partial charge in [0.25, 0.3) is 0 Å². The van der Waals surface area contributed by atoms with Crippen LogP contribution in [0.15, 0.2) is 12.2 Å². The highest BCUT2D eigenvalue weighted by atomic mass is 32.3. The minimum Gasteiger partial charge on any atom is -0.394 e. The predicted molar refractivity (Wildman–Crippen MR) is 233 cm³/mol. The molecule has 1 saturated heterocycles. The van der Waals surface area contributed by atoms with Crippen molar-refractivity contribution in [1.82, 2.24) is 5.32 Å². The first kappa shape index (κ1) is 55.8. The summed E-state index contributed by atoms with van der Waals surface area (Å²) < 4.78 is 47.5. The molecule has 0 aromatic rings. The van der Waals surface area contributed by atoms with Crippen LogP contribution >= 0.6 is 0 Å². The SMILES string of the molecule is CCCCCCCCCCC/C=C\CCCCCCCCC(O)C(=O)NC(COC1OC(CO)C(O)C(OS(=O)(=O)O)C1O)C(O)CCCCCCCCCCCCC. The van der Waals surface area contributed by atoms with E-state index in [1.807, 2.05) is 0 Å². The standard InChI is InChI=1S/C45H87NO12S/c1-3-5-7-9-11-13-15-16-17-18-19-20-21-22-24-26-28-30-32-34-39(49)44(52)46-37(38(48)33-31-29-27-25-23-14-12-10-8-6-4-2)36-56-45-42(51)43(58-59(53,54)55)41(50)40(35-47)57-45/h19-20,37-43,45,47-51H,3-18,21-36H2,1-2H3,(H,46,52)(H,53,54,55)/b20-19-. The maximum atomic E-state index is 13.1. The van der Waals surface area contributed by atoms with Crippen molar-refractivity contribution in [2.24, 2.45) is 0 Å². The third-order valence-corrected chi connectivity index (χ3v) is 11.9. The molecule has 0 aromatic carbocycles. The molecule has 59 heavy (non-hydrogen) atoms. The lowest BCUT2D eigenvalue weighted by Gasteiger charge is -2.41. The van der Waals surface area contributed by atoms with E-state index in [-0.39, 0.29) is 6.42 Å². The molecule has 350 valence electrons. The molecule has 0 aromatic heterocycles. The molecule has 1 rings (SSSR count). The lowest BCUT2D eigenvalue weighted by molar-refractivity contribution is -0.298. The van der Waals surface area contributed by atoms with E-state index in [4.69, 9.17) is 9.47 Å². The molecule has 7 N–H and O–H groups in total. The van der Waals surface area contributed by atoms with Crippen LogP contribution in [0.2, 0.25) is 0 Å². The second-order valence-electron chi connectivity index (χ2n) is 16.8. The normalized spacial score (nSPS) is 21.5. The molecule has 1 amide bonds. The van der Waals surface area contributed by atoms with Gasteiger partial charge in [-0.05, 0) is 38.5 Å². The molecule has 0 bridgehead atoms. The van der Waals surface area contributed by atoms with Crippen molar-refractivity contribution in [3.8, 4) is 0 Å². The molecular weight excluding hydrogens is 779 g/mol. The van der Waals surface area contributed by atoms with E-state index in [2.05, 4.69) is 35.5 Å². The molecule has 0 saturated carbocycles. The van der Waals surface area contributed by atoms with Crippen LogP contribution in [-0.4, -0.2) is 107 Å². The maximum Gasteiger partial charge on any atom is 0.397 e. The Hall–Kier alpha value is -1.20. The Morgan fingerprint density at radius 1 is 0.661 bits per heavy atom. The highest BCUT2D eigenvalue weighted by Crippen LogP contribution is 2.26. The van der Waals surface area contributed by atoms with Crippen LogP contribution in [0.4, 0.5) is 0 Å². The molecule has 8 atom stereocenters. The van der Waals surface area contributed by atoms with Crippen LogP contribution in [0.25, 0.3) is 0 Å². The van der Waals surface area contributed by atoms with Crippen molar-refractivity contribution in [2.75, 3.05) is 13.2 Å². The van der Waals surface area contributed by atoms with Gasteiger partial charge in [0.2, 0.25) is 5.91 Å². The third kappa shape index (κ3) is 28.9. The zero-order valence-electron chi connectivity index (χ0n) is 36.9. The molecule has 0 aliphatic carbocycles. The molecule has 0 radical (unpaired) electrons. The van der Waals surface area contributed by atoms with E-state index in [1.54, 1.807) is 0 Å². The number of carbonyl (C=O) groups is 1. The average Bonchev–Trinajstić information content (AvgIpc) is 3.20. The Bertz CT molecular complexity index is 1130. The summed E-state index contributed by atoms with van der Waals surface area (Å²) in [7, 11) is -5.11. The Morgan fingerprint density at radius 3 is 1.53 bits per heavy atom. The summed E-state index contributed by atoms with van der Waals surface area (Å²) in [5, 5.41) is 55.3. The summed E-state index contributed by atoms with van der Waals surface area (Å²) in [6, 6.07) is -1.03. The number of amides is 1. The van der Waals surface area contributed by atoms with Gasteiger partial charge in [-0.1, -0.05) is 180 Å². The summed E-state index contributed by atoms with van der Waals surface area (Å²) in [4.78, 5) is 13.1. The van der Waals surface area contributed by atoms with Gasteiger partial charge in [-0.3, -0.25) is 9.35 Å². The Labute approximate surface area is 358 Å². The molecule has 1 heterocycles. The molecule has 1 fully saturated rings. The number of aliphatic hydroxyl groups is 5. The van der Waals surface area contributed by atoms with Crippen molar-refractivity contribution in [3.05, 3.63) is 12.2 Å². The van der Waals surface area contributed by atoms with E-state index >= 15 is 0 Å². The zero-order valence-corrected chi connectivity index (χ0v) is 37.8. The smallest absolute Gasteiger partial charge is 0.394 e. The number of allylic oxidation sites excluding steroid dienone is 2. The van der Waals surface area contributed by atoms with Gasteiger partial charge in [-0.15, -0.1) is 0 Å². The summed E-state index contributed by atoms with van der Waals surface area (Å²) in [6.45, 7) is 3.26. The number of hydrogen-bond donors (Lipinski definition) is 7. The molecule has 1 aliphatic rings. The van der Waals surface area contributed by atoms with Gasteiger partial charge in [-0.25, -0.2) is 4.18 Å². The minimum atomic E-state index is -5.11. The molecule has 1 aliphatic heterocycles. The summed E-state index contributed by atoms with van der Waals surface area (Å²) in [5.74, 6) is -0.674. The Balaban J connectivity index is 2.50. The van der Waals surface area contributed by atoms with Gasteiger partial charge in [0, 0.05) is 0 Å². The van der Waals surface area contributed by atoms with Crippen molar-refractivity contribution in [2.45, 2.75) is 255 Å². The van der Waals surface area contributed by atoms with E-state index in [0.29, 0.717) is 19.3 Å². The highest BCUT2D eigenvalue weighted by molar-refractivity contribution is 7.80. The van der Waals surface area contributed by atoms with Crippen LogP contribution in [0.1, 0.15) is 206 Å². The van der Waals surface area contributed by atoms with E-state index in [1.165, 1.54) is 109 Å². The first-order valence-electron chi connectivity index (χ1n) is 23.7. The maximum absolute atomic E-state index is 13.1. The predicted octanol–water partition coefficient (Wildman–Crippen LogP) is 8.14. The van der Waals surface area contributed by atoms with Crippen molar-refractivity contribution >= 4 is 16.3 Å². The number of carbonyl (C=O) groups excluding carboxylic acids is 1. The van der Waals surface area contributed by atoms with E-state index in [9.17, 15) is 43.3 Å². The van der Waals surface area contributed by atoms with Crippen LogP contribution < -0.4 is 5.32 Å². The quantitative estimate of drug-likeness (QED) is 0.0177. The van der Waals surface area contributed by atoms with E-state index < -0.39 is 78.5 Å². The molecule has 14 heteroatoms. The van der Waals surface area contributed by atoms with Gasteiger partial charge in [0.1, 0.15) is 30.5 Å². The minimum absolute atomic E-state index is 0.255. The number of ether oxygens (including phenoxy) is 2. The van der Waals surface area contributed by atoms with Gasteiger partial charge in [-0.2, -0.15) is 8.42 Å². The van der Waals surface area contributed by atoms with Gasteiger partial charge in [0.15, 0.2) is 6.29 Å². The average molecular weight is 866 g/mol. The first-order valence-corrected chi connectivity index (χ1v) is 25.0. The van der Waals surface area contributed by atoms with Crippen molar-refractivity contribution < 1.29 is 57.0 Å². The zero-order chi connectivity index (χ0) is 43.6. The van der Waals surface area contributed by atoms with Gasteiger partial charge < -0.3 is 40.3 Å². The number of hydrogen-bond acceptors (Lipinski definition) is 11. The van der Waals surface area contributed by atoms with Crippen LogP contribution in [0.5, 0.6) is 0 Å². The number of aliphatic hydroxyl groups excluding tert-OH is 5. The second kappa shape index (κ2) is 36.3. The van der Waals surface area contributed by atoms with Crippen LogP contribution in [0, 0.1) is 0 Å². The summed E-state index contributed by atoms with van der Waals surface area (Å²) >= 11 is 0. The monoisotopic (exact) mass is 866 g/mol. The fourth-order valence-corrected chi connectivity index (χ4v) is 8.15. The van der Waals surface area contributed by atoms with Crippen LogP contribution in [-0.2, 0) is 28.9 Å². The lowest BCUT2D eigenvalue weighted by atomic mass is 9.99. The summed E-state index contributed by atoms with van der Waals surface area (Å²) in [5.41, 5.74) is 0. The Kier molecular flexibility index (Phi) is 34.3. The number of nitrogens with one attached hydrogen (secondary N) is 1. The molecule has 0 spiro atoms. The third-order valence-electron chi connectivity index (χ3n) is 11.4. The number of unbranched alkanes of at least 4 members (excludes halogenated alkanes) is 25. The topological polar surface area (TPSA) is 212 Å². The van der Waals surface area contributed by atoms with Gasteiger partial charge >= 0.3 is 10.4 Å². The van der Waals surface area contributed by atoms with Gasteiger partial charge in [0.05, 0.1) is 25.4 Å². The fourth-order valence-electron chi connectivity index (χ4n) is 7.64. The number of rotatable bonds is 40. The molecule has 8 unspecified atom stereocenters. The first-order chi connectivity index (χ1) is 28.4. The largest absolute Gasteiger partial charge is 0.397 e. The highest BCUT2D eigenvalue weighted by Gasteiger charge is 2.48. The van der Waals surface area contributed by atoms with Crippen molar-refractivity contribution in [3.63, 3.8) is 0 Å². The van der Waals surface area contributed by atoms with Crippen molar-refractivity contribution in [1.29, 1.82) is 0 Å². The lowest BCUT2D eigenvalue weighted by Crippen LogP contribution is -2.61. The molecule has 13 nitrogen and oxygen atoms in total. The summed E-state index contributed by atoms with van der Waals surface area (Å²) in [6.07, 6.45) is 26.9.